The molecule has 3 atom stereocenters. The molecule has 0 saturated heterocycles. The number of nitrogens with one attached hydrogen (secondary N) is 1. The van der Waals surface area contributed by atoms with Gasteiger partial charge in [-0.05, 0) is 25.2 Å². The highest BCUT2D eigenvalue weighted by atomic mass is 32.3. The van der Waals surface area contributed by atoms with Crippen LogP contribution in [0.2, 0.25) is 0 Å². The van der Waals surface area contributed by atoms with Crippen LogP contribution in [0, 0.1) is 5.92 Å². The number of allylic oxidation sites excluding steroid dienone is 1. The molecule has 0 bridgehead atoms. The molecule has 0 aliphatic heterocycles. The minimum atomic E-state index is -4.99. The van der Waals surface area contributed by atoms with Gasteiger partial charge in [-0.25, -0.2) is 8.42 Å². The highest BCUT2D eigenvalue weighted by Crippen LogP contribution is 2.15. The zero-order valence-corrected chi connectivity index (χ0v) is 28.6. The summed E-state index contributed by atoms with van der Waals surface area (Å²) in [5.74, 6) is 0.0672. The predicted octanol–water partition coefficient (Wildman–Crippen LogP) is 7.87. The Balaban J connectivity index is 4.24. The van der Waals surface area contributed by atoms with E-state index in [-0.39, 0.29) is 6.42 Å². The van der Waals surface area contributed by atoms with Gasteiger partial charge in [0.1, 0.15) is 6.10 Å². The normalized spacial score (nSPS) is 14.4. The lowest BCUT2D eigenvalue weighted by atomic mass is 10.0. The van der Waals surface area contributed by atoms with Gasteiger partial charge in [0.25, 0.3) is 0 Å². The third-order valence-electron chi connectivity index (χ3n) is 8.00. The molecule has 0 aromatic rings. The second kappa shape index (κ2) is 28.5. The average molecular weight is 633 g/mol. The number of amides is 1. The topological polar surface area (TPSA) is 136 Å². The average Bonchev–Trinajstić information content (AvgIpc) is 2.95. The molecule has 1 amide bonds. The van der Waals surface area contributed by atoms with Crippen molar-refractivity contribution in [2.75, 3.05) is 6.61 Å². The van der Waals surface area contributed by atoms with Crippen LogP contribution >= 0.6 is 0 Å². The number of carbonyl (C=O) groups excluding carboxylic acids is 1. The molecule has 0 radical (unpaired) electrons. The molecule has 0 aromatic carbocycles. The molecule has 0 rings (SSSR count). The molecule has 0 aliphatic carbocycles. The van der Waals surface area contributed by atoms with E-state index in [1.165, 1.54) is 102 Å². The first-order chi connectivity index (χ1) is 20.6. The van der Waals surface area contributed by atoms with E-state index in [4.69, 9.17) is 0 Å². The molecular weight excluding hydrogens is 566 g/mol. The van der Waals surface area contributed by atoms with Gasteiger partial charge in [0.2, 0.25) is 16.3 Å². The molecule has 3 N–H and O–H groups in total. The lowest BCUT2D eigenvalue weighted by molar-refractivity contribution is -0.131. The van der Waals surface area contributed by atoms with Crippen molar-refractivity contribution >= 4 is 16.3 Å². The minimum Gasteiger partial charge on any atom is -0.726 e. The summed E-state index contributed by atoms with van der Waals surface area (Å²) in [6, 6.07) is -1.17. The summed E-state index contributed by atoms with van der Waals surface area (Å²) in [6.45, 7) is 6.05. The molecule has 0 aliphatic rings. The molecule has 9 heteroatoms. The van der Waals surface area contributed by atoms with Crippen LogP contribution in [0.3, 0.4) is 0 Å². The zero-order chi connectivity index (χ0) is 32.2. The van der Waals surface area contributed by atoms with Crippen LogP contribution in [0.25, 0.3) is 0 Å². The number of rotatable bonds is 31. The number of hydrogen-bond donors (Lipinski definition) is 3. The van der Waals surface area contributed by atoms with Gasteiger partial charge in [-0.2, -0.15) is 0 Å². The maximum absolute atomic E-state index is 12.5. The van der Waals surface area contributed by atoms with Gasteiger partial charge < -0.3 is 20.1 Å². The fourth-order valence-electron chi connectivity index (χ4n) is 5.22. The van der Waals surface area contributed by atoms with Crippen LogP contribution in [0.15, 0.2) is 12.2 Å². The molecule has 8 nitrogen and oxygen atoms in total. The molecule has 0 aromatic heterocycles. The van der Waals surface area contributed by atoms with Crippen molar-refractivity contribution in [3.63, 3.8) is 0 Å². The molecule has 43 heavy (non-hydrogen) atoms. The van der Waals surface area contributed by atoms with Crippen molar-refractivity contribution in [3.8, 4) is 0 Å². The Morgan fingerprint density at radius 3 is 1.65 bits per heavy atom. The summed E-state index contributed by atoms with van der Waals surface area (Å²) in [4.78, 5) is 12.5. The fourth-order valence-corrected chi connectivity index (χ4v) is 5.53. The van der Waals surface area contributed by atoms with Gasteiger partial charge in [0.05, 0.1) is 18.8 Å². The van der Waals surface area contributed by atoms with E-state index >= 15 is 0 Å². The molecular formula is C34H66NO7S-. The van der Waals surface area contributed by atoms with Gasteiger partial charge in [-0.3, -0.25) is 8.98 Å². The highest BCUT2D eigenvalue weighted by molar-refractivity contribution is 7.80. The Bertz CT molecular complexity index is 773. The van der Waals surface area contributed by atoms with Gasteiger partial charge in [0.15, 0.2) is 0 Å². The van der Waals surface area contributed by atoms with E-state index in [2.05, 4.69) is 30.3 Å². The van der Waals surface area contributed by atoms with E-state index in [0.717, 1.165) is 44.4 Å². The predicted molar refractivity (Wildman–Crippen MR) is 175 cm³/mol. The third kappa shape index (κ3) is 29.5. The Hall–Kier alpha value is -1.00. The molecule has 0 saturated carbocycles. The first-order valence-electron chi connectivity index (χ1n) is 17.5. The van der Waals surface area contributed by atoms with E-state index in [0.29, 0.717) is 6.42 Å². The summed E-state index contributed by atoms with van der Waals surface area (Å²) in [6.07, 6.45) is 26.9. The van der Waals surface area contributed by atoms with Crippen molar-refractivity contribution in [1.82, 2.24) is 5.32 Å². The summed E-state index contributed by atoms with van der Waals surface area (Å²) >= 11 is 0. The summed E-state index contributed by atoms with van der Waals surface area (Å²) in [7, 11) is -4.99. The molecule has 0 heterocycles. The number of carbonyl (C=O) groups is 1. The SMILES string of the molecule is CCCCCCCCCCCCC/C=C/[C@@H](O)[C@H](COS(=O)(=O)[O-])NC(=O)[C@H](O)CCCCCCCCCCCC(C)C. The van der Waals surface area contributed by atoms with E-state index < -0.39 is 41.2 Å². The van der Waals surface area contributed by atoms with Gasteiger partial charge in [-0.15, -0.1) is 0 Å². The number of hydrogen-bond acceptors (Lipinski definition) is 7. The number of aliphatic hydroxyl groups is 2. The number of unbranched alkanes of at least 4 members (excludes halogenated alkanes) is 19. The third-order valence-corrected chi connectivity index (χ3v) is 8.43. The summed E-state index contributed by atoms with van der Waals surface area (Å²) in [5, 5.41) is 23.3. The summed E-state index contributed by atoms with van der Waals surface area (Å²) < 4.78 is 37.2. The highest BCUT2D eigenvalue weighted by Gasteiger charge is 2.24. The standard InChI is InChI=1S/C34H67NO7S/c1-4-5-6-7-8-9-10-11-12-15-18-21-24-27-32(36)31(29-42-43(39,40)41)35-34(38)33(37)28-25-22-19-16-13-14-17-20-23-26-30(2)3/h24,27,30-33,36-37H,4-23,25-26,28-29H2,1-3H3,(H,35,38)(H,39,40,41)/p-1/b27-24+/t31-,32+,33+/m0/s1. The second-order valence-electron chi connectivity index (χ2n) is 12.7. The maximum Gasteiger partial charge on any atom is 0.249 e. The fraction of sp³-hybridized carbons (Fsp3) is 0.912. The molecule has 0 unspecified atom stereocenters. The molecule has 0 fully saturated rings. The summed E-state index contributed by atoms with van der Waals surface area (Å²) in [5.41, 5.74) is 0. The van der Waals surface area contributed by atoms with Gasteiger partial charge in [-0.1, -0.05) is 161 Å². The Morgan fingerprint density at radius 2 is 1.19 bits per heavy atom. The van der Waals surface area contributed by atoms with Crippen molar-refractivity contribution in [1.29, 1.82) is 0 Å². The van der Waals surface area contributed by atoms with Crippen LogP contribution < -0.4 is 5.32 Å². The Labute approximate surface area is 264 Å². The van der Waals surface area contributed by atoms with Gasteiger partial charge >= 0.3 is 0 Å². The number of aliphatic hydroxyl groups excluding tert-OH is 2. The lowest BCUT2D eigenvalue weighted by Gasteiger charge is -2.24. The van der Waals surface area contributed by atoms with E-state index in [1.807, 2.05) is 0 Å². The van der Waals surface area contributed by atoms with Crippen molar-refractivity contribution in [2.45, 2.75) is 187 Å². The smallest absolute Gasteiger partial charge is 0.249 e. The lowest BCUT2D eigenvalue weighted by Crippen LogP contribution is -2.49. The van der Waals surface area contributed by atoms with Crippen LogP contribution in [0.1, 0.15) is 168 Å². The van der Waals surface area contributed by atoms with E-state index in [9.17, 15) is 28.0 Å². The van der Waals surface area contributed by atoms with Crippen LogP contribution in [-0.4, -0.2) is 53.9 Å². The second-order valence-corrected chi connectivity index (χ2v) is 13.8. The minimum absolute atomic E-state index is 0.277. The van der Waals surface area contributed by atoms with Crippen LogP contribution in [-0.2, 0) is 19.4 Å². The Morgan fingerprint density at radius 1 is 0.744 bits per heavy atom. The quantitative estimate of drug-likeness (QED) is 0.0306. The molecule has 256 valence electrons. The van der Waals surface area contributed by atoms with Crippen molar-refractivity contribution < 1.29 is 32.2 Å². The van der Waals surface area contributed by atoms with Crippen LogP contribution in [0.5, 0.6) is 0 Å². The first kappa shape index (κ1) is 42.0. The largest absolute Gasteiger partial charge is 0.726 e. The monoisotopic (exact) mass is 632 g/mol. The first-order valence-corrected chi connectivity index (χ1v) is 18.8. The van der Waals surface area contributed by atoms with E-state index in [1.54, 1.807) is 6.08 Å². The molecule has 0 spiro atoms. The maximum atomic E-state index is 12.5. The Kier molecular flexibility index (Phi) is 27.8. The van der Waals surface area contributed by atoms with Gasteiger partial charge in [0, 0.05) is 0 Å². The van der Waals surface area contributed by atoms with Crippen molar-refractivity contribution in [2.24, 2.45) is 5.92 Å². The van der Waals surface area contributed by atoms with Crippen molar-refractivity contribution in [3.05, 3.63) is 12.2 Å². The van der Waals surface area contributed by atoms with Crippen LogP contribution in [0.4, 0.5) is 0 Å². The zero-order valence-electron chi connectivity index (χ0n) is 27.8.